The first-order valence-electron chi connectivity index (χ1n) is 7.87. The second-order valence-electron chi connectivity index (χ2n) is 5.96. The van der Waals surface area contributed by atoms with Gasteiger partial charge in [0.15, 0.2) is 11.6 Å². The fraction of sp³-hybridized carbons (Fsp3) is 0.158. The van der Waals surface area contributed by atoms with Gasteiger partial charge in [0.05, 0.1) is 22.9 Å². The van der Waals surface area contributed by atoms with Crippen molar-refractivity contribution in [2.75, 3.05) is 5.32 Å². The summed E-state index contributed by atoms with van der Waals surface area (Å²) in [7, 11) is 0. The number of anilines is 1. The van der Waals surface area contributed by atoms with Crippen molar-refractivity contribution in [3.05, 3.63) is 59.3 Å². The molecule has 1 aromatic heterocycles. The number of fused-ring (bicyclic) bond motifs is 1. The van der Waals surface area contributed by atoms with Crippen molar-refractivity contribution >= 4 is 22.5 Å². The minimum absolute atomic E-state index is 0.108. The highest BCUT2D eigenvalue weighted by Crippen LogP contribution is 2.27. The molecule has 0 fully saturated rings. The van der Waals surface area contributed by atoms with Gasteiger partial charge in [-0.05, 0) is 38.1 Å². The molecular weight excluding hydrogens is 340 g/mol. The minimum Gasteiger partial charge on any atom is -0.490 e. The maximum atomic E-state index is 13.5. The Balaban J connectivity index is 1.89. The Bertz CT molecular complexity index is 1040. The summed E-state index contributed by atoms with van der Waals surface area (Å²) >= 11 is 0. The third-order valence-electron chi connectivity index (χ3n) is 3.70. The van der Waals surface area contributed by atoms with Crippen LogP contribution in [0.4, 0.5) is 14.5 Å². The predicted molar refractivity (Wildman–Crippen MR) is 93.1 cm³/mol. The Kier molecular flexibility index (Phi) is 4.59. The van der Waals surface area contributed by atoms with E-state index in [0.29, 0.717) is 22.3 Å². The van der Waals surface area contributed by atoms with Gasteiger partial charge in [0, 0.05) is 23.2 Å². The van der Waals surface area contributed by atoms with Gasteiger partial charge in [-0.1, -0.05) is 0 Å². The van der Waals surface area contributed by atoms with Gasteiger partial charge in [-0.2, -0.15) is 5.26 Å². The number of rotatable bonds is 4. The molecule has 7 heteroatoms. The molecular formula is C19H15F2N3O2. The molecule has 2 aromatic carbocycles. The molecule has 0 saturated heterocycles. The van der Waals surface area contributed by atoms with Crippen LogP contribution in [0.15, 0.2) is 36.5 Å². The molecule has 2 N–H and O–H groups in total. The number of aromatic amines is 1. The number of nitrogens with one attached hydrogen (secondary N) is 2. The van der Waals surface area contributed by atoms with Crippen LogP contribution in [0.3, 0.4) is 0 Å². The Morgan fingerprint density at radius 2 is 1.96 bits per heavy atom. The lowest BCUT2D eigenvalue weighted by molar-refractivity contribution is 0.102. The van der Waals surface area contributed by atoms with E-state index in [4.69, 9.17) is 4.74 Å². The number of benzene rings is 2. The van der Waals surface area contributed by atoms with Crippen LogP contribution in [0.2, 0.25) is 0 Å². The zero-order valence-corrected chi connectivity index (χ0v) is 14.1. The van der Waals surface area contributed by atoms with Crippen LogP contribution in [0.1, 0.15) is 29.8 Å². The van der Waals surface area contributed by atoms with Crippen molar-refractivity contribution in [1.82, 2.24) is 4.98 Å². The second-order valence-corrected chi connectivity index (χ2v) is 5.96. The van der Waals surface area contributed by atoms with Crippen LogP contribution in [-0.4, -0.2) is 17.0 Å². The van der Waals surface area contributed by atoms with Gasteiger partial charge in [0.25, 0.3) is 5.91 Å². The maximum absolute atomic E-state index is 13.5. The second kappa shape index (κ2) is 6.84. The van der Waals surface area contributed by atoms with E-state index in [-0.39, 0.29) is 17.2 Å². The third kappa shape index (κ3) is 3.35. The number of aromatic nitrogens is 1. The first kappa shape index (κ1) is 17.4. The summed E-state index contributed by atoms with van der Waals surface area (Å²) in [5.41, 5.74) is 1.15. The molecule has 0 saturated carbocycles. The van der Waals surface area contributed by atoms with E-state index in [0.717, 1.165) is 12.1 Å². The van der Waals surface area contributed by atoms with E-state index >= 15 is 0 Å². The van der Waals surface area contributed by atoms with Crippen molar-refractivity contribution in [3.63, 3.8) is 0 Å². The molecule has 1 heterocycles. The third-order valence-corrected chi connectivity index (χ3v) is 3.70. The molecule has 5 nitrogen and oxygen atoms in total. The number of halogens is 2. The molecule has 0 aliphatic carbocycles. The van der Waals surface area contributed by atoms with Crippen molar-refractivity contribution < 1.29 is 18.3 Å². The fourth-order valence-corrected chi connectivity index (χ4v) is 2.53. The number of nitrogens with zero attached hydrogens (tertiary/aromatic N) is 1. The molecule has 0 unspecified atom stereocenters. The van der Waals surface area contributed by atoms with Gasteiger partial charge in [-0.3, -0.25) is 4.79 Å². The highest BCUT2D eigenvalue weighted by molar-refractivity contribution is 6.09. The summed E-state index contributed by atoms with van der Waals surface area (Å²) in [4.78, 5) is 15.2. The molecule has 0 bridgehead atoms. The summed E-state index contributed by atoms with van der Waals surface area (Å²) < 4.78 is 32.3. The van der Waals surface area contributed by atoms with E-state index in [9.17, 15) is 18.8 Å². The Morgan fingerprint density at radius 3 is 2.65 bits per heavy atom. The van der Waals surface area contributed by atoms with Crippen LogP contribution in [0.5, 0.6) is 5.75 Å². The quantitative estimate of drug-likeness (QED) is 0.730. The Labute approximate surface area is 148 Å². The van der Waals surface area contributed by atoms with Gasteiger partial charge in [0.1, 0.15) is 11.8 Å². The number of hydrogen-bond acceptors (Lipinski definition) is 3. The van der Waals surface area contributed by atoms with Gasteiger partial charge in [-0.15, -0.1) is 0 Å². The molecule has 132 valence electrons. The van der Waals surface area contributed by atoms with Crippen molar-refractivity contribution in [1.29, 1.82) is 5.26 Å². The molecule has 3 aromatic rings. The summed E-state index contributed by atoms with van der Waals surface area (Å²) in [5.74, 6) is -2.07. The van der Waals surface area contributed by atoms with Crippen LogP contribution in [-0.2, 0) is 0 Å². The number of amides is 1. The first-order chi connectivity index (χ1) is 12.4. The normalized spacial score (nSPS) is 10.8. The average molecular weight is 355 g/mol. The van der Waals surface area contributed by atoms with Crippen LogP contribution < -0.4 is 10.1 Å². The highest BCUT2D eigenvalue weighted by Gasteiger charge is 2.15. The lowest BCUT2D eigenvalue weighted by Gasteiger charge is -2.12. The minimum atomic E-state index is -1.01. The molecule has 1 amide bonds. The summed E-state index contributed by atoms with van der Waals surface area (Å²) in [6, 6.07) is 8.53. The van der Waals surface area contributed by atoms with Crippen LogP contribution >= 0.6 is 0 Å². The summed E-state index contributed by atoms with van der Waals surface area (Å²) in [5, 5.41) is 12.2. The highest BCUT2D eigenvalue weighted by atomic mass is 19.2. The number of hydrogen-bond donors (Lipinski definition) is 2. The average Bonchev–Trinajstić information content (AvgIpc) is 2.97. The maximum Gasteiger partial charge on any atom is 0.255 e. The molecule has 0 atom stereocenters. The van der Waals surface area contributed by atoms with Crippen molar-refractivity contribution in [3.8, 4) is 11.8 Å². The molecule has 26 heavy (non-hydrogen) atoms. The van der Waals surface area contributed by atoms with E-state index in [1.54, 1.807) is 6.07 Å². The zero-order chi connectivity index (χ0) is 18.8. The van der Waals surface area contributed by atoms with Crippen LogP contribution in [0, 0.1) is 23.0 Å². The van der Waals surface area contributed by atoms with E-state index in [2.05, 4.69) is 10.3 Å². The smallest absolute Gasteiger partial charge is 0.255 e. The predicted octanol–water partition coefficient (Wildman–Crippen LogP) is 4.36. The lowest BCUT2D eigenvalue weighted by Crippen LogP contribution is -2.13. The van der Waals surface area contributed by atoms with Crippen molar-refractivity contribution in [2.45, 2.75) is 20.0 Å². The SMILES string of the molecule is CC(C)Oc1ccc(C(=O)Nc2c[nH]c3cc(F)c(F)cc23)cc1C#N. The first-order valence-corrected chi connectivity index (χ1v) is 7.87. The molecule has 0 aliphatic rings. The van der Waals surface area contributed by atoms with Gasteiger partial charge < -0.3 is 15.0 Å². The van der Waals surface area contributed by atoms with Gasteiger partial charge >= 0.3 is 0 Å². The topological polar surface area (TPSA) is 77.9 Å². The van der Waals surface area contributed by atoms with E-state index in [1.807, 2.05) is 19.9 Å². The number of H-pyrrole nitrogens is 1. The lowest BCUT2D eigenvalue weighted by atomic mass is 10.1. The van der Waals surface area contributed by atoms with Gasteiger partial charge in [0.2, 0.25) is 0 Å². The number of nitriles is 1. The fourth-order valence-electron chi connectivity index (χ4n) is 2.53. The number of ether oxygens (including phenoxy) is 1. The van der Waals surface area contributed by atoms with E-state index < -0.39 is 17.5 Å². The zero-order valence-electron chi connectivity index (χ0n) is 14.1. The molecule has 0 radical (unpaired) electrons. The van der Waals surface area contributed by atoms with Gasteiger partial charge in [-0.25, -0.2) is 8.78 Å². The summed E-state index contributed by atoms with van der Waals surface area (Å²) in [6.07, 6.45) is 1.34. The number of carbonyl (C=O) groups is 1. The Hall–Kier alpha value is -3.40. The monoisotopic (exact) mass is 355 g/mol. The molecule has 0 aliphatic heterocycles. The van der Waals surface area contributed by atoms with Crippen molar-refractivity contribution in [2.24, 2.45) is 0 Å². The summed E-state index contributed by atoms with van der Waals surface area (Å²) in [6.45, 7) is 3.67. The largest absolute Gasteiger partial charge is 0.490 e. The van der Waals surface area contributed by atoms with Crippen LogP contribution in [0.25, 0.3) is 10.9 Å². The standard InChI is InChI=1S/C19H15F2N3O2/c1-10(2)26-18-4-3-11(5-12(18)8-22)19(25)24-17-9-23-16-7-15(21)14(20)6-13(16)17/h3-7,9-10,23H,1-2H3,(H,24,25). The number of carbonyl (C=O) groups excluding carboxylic acids is 1. The molecule has 0 spiro atoms. The molecule has 3 rings (SSSR count). The Morgan fingerprint density at radius 1 is 1.23 bits per heavy atom. The van der Waals surface area contributed by atoms with E-state index in [1.165, 1.54) is 18.3 Å².